The zero-order chi connectivity index (χ0) is 12.1. The van der Waals surface area contributed by atoms with E-state index in [1.54, 1.807) is 0 Å². The number of nitrogens with two attached hydrogens (primary N) is 1. The Morgan fingerprint density at radius 2 is 2.06 bits per heavy atom. The maximum absolute atomic E-state index is 5.66. The summed E-state index contributed by atoms with van der Waals surface area (Å²) < 4.78 is 0. The first-order chi connectivity index (χ1) is 7.63. The molecule has 0 radical (unpaired) electrons. The van der Waals surface area contributed by atoms with Gasteiger partial charge < -0.3 is 0 Å². The fourth-order valence-corrected chi connectivity index (χ4v) is 1.87. The number of hydrazine groups is 1. The first kappa shape index (κ1) is 13.1. The minimum atomic E-state index is 0.161. The zero-order valence-electron chi connectivity index (χ0n) is 10.6. The zero-order valence-corrected chi connectivity index (χ0v) is 10.6. The van der Waals surface area contributed by atoms with Gasteiger partial charge in [-0.3, -0.25) is 11.3 Å². The SMILES string of the molecule is CCc1nnc(C)cc1C(NN)C(C)CC. The number of aryl methyl sites for hydroxylation is 2. The molecule has 1 rings (SSSR count). The summed E-state index contributed by atoms with van der Waals surface area (Å²) in [5, 5.41) is 8.33. The molecule has 1 aromatic heterocycles. The largest absolute Gasteiger partial charge is 0.271 e. The molecule has 2 unspecified atom stereocenters. The van der Waals surface area contributed by atoms with E-state index in [9.17, 15) is 0 Å². The highest BCUT2D eigenvalue weighted by Crippen LogP contribution is 2.25. The lowest BCUT2D eigenvalue weighted by Gasteiger charge is -2.24. The first-order valence-electron chi connectivity index (χ1n) is 5.93. The van der Waals surface area contributed by atoms with E-state index >= 15 is 0 Å². The van der Waals surface area contributed by atoms with Gasteiger partial charge in [-0.15, -0.1) is 0 Å². The maximum atomic E-state index is 5.66. The topological polar surface area (TPSA) is 63.8 Å². The summed E-state index contributed by atoms with van der Waals surface area (Å²) >= 11 is 0. The van der Waals surface area contributed by atoms with Crippen molar-refractivity contribution in [1.82, 2.24) is 15.6 Å². The van der Waals surface area contributed by atoms with Crippen LogP contribution < -0.4 is 11.3 Å². The van der Waals surface area contributed by atoms with Crippen LogP contribution in [0.3, 0.4) is 0 Å². The van der Waals surface area contributed by atoms with Gasteiger partial charge in [0.1, 0.15) is 0 Å². The van der Waals surface area contributed by atoms with E-state index < -0.39 is 0 Å². The molecule has 1 aromatic rings. The summed E-state index contributed by atoms with van der Waals surface area (Å²) in [5.74, 6) is 6.14. The molecule has 0 aromatic carbocycles. The molecular formula is C12H22N4. The van der Waals surface area contributed by atoms with Gasteiger partial charge in [0.15, 0.2) is 0 Å². The van der Waals surface area contributed by atoms with E-state index in [2.05, 4.69) is 42.5 Å². The quantitative estimate of drug-likeness (QED) is 0.590. The van der Waals surface area contributed by atoms with Crippen molar-refractivity contribution < 1.29 is 0 Å². The lowest BCUT2D eigenvalue weighted by molar-refractivity contribution is 0.379. The van der Waals surface area contributed by atoms with Crippen molar-refractivity contribution in [3.63, 3.8) is 0 Å². The highest BCUT2D eigenvalue weighted by atomic mass is 15.2. The molecule has 0 spiro atoms. The summed E-state index contributed by atoms with van der Waals surface area (Å²) in [4.78, 5) is 0. The lowest BCUT2D eigenvalue weighted by Crippen LogP contribution is -2.33. The summed E-state index contributed by atoms with van der Waals surface area (Å²) in [6.07, 6.45) is 1.97. The second-order valence-corrected chi connectivity index (χ2v) is 4.27. The van der Waals surface area contributed by atoms with Crippen molar-refractivity contribution >= 4 is 0 Å². The summed E-state index contributed by atoms with van der Waals surface area (Å²) in [6.45, 7) is 8.41. The van der Waals surface area contributed by atoms with E-state index in [1.807, 2.05) is 6.92 Å². The summed E-state index contributed by atoms with van der Waals surface area (Å²) in [5.41, 5.74) is 6.07. The smallest absolute Gasteiger partial charge is 0.0676 e. The van der Waals surface area contributed by atoms with Crippen LogP contribution in [0.25, 0.3) is 0 Å². The van der Waals surface area contributed by atoms with Crippen LogP contribution in [0, 0.1) is 12.8 Å². The molecule has 0 aliphatic heterocycles. The molecule has 4 heteroatoms. The monoisotopic (exact) mass is 222 g/mol. The van der Waals surface area contributed by atoms with E-state index in [0.29, 0.717) is 5.92 Å². The van der Waals surface area contributed by atoms with Crippen molar-refractivity contribution in [2.24, 2.45) is 11.8 Å². The molecule has 0 saturated heterocycles. The van der Waals surface area contributed by atoms with E-state index in [4.69, 9.17) is 5.84 Å². The number of rotatable bonds is 5. The fraction of sp³-hybridized carbons (Fsp3) is 0.667. The van der Waals surface area contributed by atoms with Gasteiger partial charge in [0, 0.05) is 0 Å². The fourth-order valence-electron chi connectivity index (χ4n) is 1.87. The Labute approximate surface area is 97.6 Å². The number of nitrogens with zero attached hydrogens (tertiary/aromatic N) is 2. The van der Waals surface area contributed by atoms with Gasteiger partial charge in [-0.1, -0.05) is 27.2 Å². The van der Waals surface area contributed by atoms with E-state index in [-0.39, 0.29) is 6.04 Å². The minimum Gasteiger partial charge on any atom is -0.271 e. The highest BCUT2D eigenvalue weighted by molar-refractivity contribution is 5.25. The van der Waals surface area contributed by atoms with Crippen molar-refractivity contribution in [3.8, 4) is 0 Å². The highest BCUT2D eigenvalue weighted by Gasteiger charge is 2.20. The van der Waals surface area contributed by atoms with Crippen LogP contribution in [0.15, 0.2) is 6.07 Å². The molecule has 4 nitrogen and oxygen atoms in total. The molecule has 0 fully saturated rings. The molecule has 3 N–H and O–H groups in total. The van der Waals surface area contributed by atoms with Gasteiger partial charge in [-0.05, 0) is 30.9 Å². The summed E-state index contributed by atoms with van der Waals surface area (Å²) in [6, 6.07) is 2.25. The Bertz CT molecular complexity index is 338. The number of hydrogen-bond acceptors (Lipinski definition) is 4. The second kappa shape index (κ2) is 5.92. The van der Waals surface area contributed by atoms with Crippen LogP contribution in [0.4, 0.5) is 0 Å². The average molecular weight is 222 g/mol. The molecule has 16 heavy (non-hydrogen) atoms. The van der Waals surface area contributed by atoms with Crippen LogP contribution in [0.2, 0.25) is 0 Å². The van der Waals surface area contributed by atoms with Gasteiger partial charge in [0.2, 0.25) is 0 Å². The first-order valence-corrected chi connectivity index (χ1v) is 5.93. The molecule has 90 valence electrons. The Morgan fingerprint density at radius 1 is 1.38 bits per heavy atom. The predicted octanol–water partition coefficient (Wildman–Crippen LogP) is 1.90. The van der Waals surface area contributed by atoms with E-state index in [0.717, 1.165) is 24.2 Å². The van der Waals surface area contributed by atoms with Crippen LogP contribution >= 0.6 is 0 Å². The maximum Gasteiger partial charge on any atom is 0.0676 e. The molecule has 0 amide bonds. The van der Waals surface area contributed by atoms with Crippen molar-refractivity contribution in [2.75, 3.05) is 0 Å². The van der Waals surface area contributed by atoms with Gasteiger partial charge in [-0.25, -0.2) is 0 Å². The molecule has 0 aliphatic rings. The number of nitrogens with one attached hydrogen (secondary N) is 1. The van der Waals surface area contributed by atoms with Crippen LogP contribution in [0.5, 0.6) is 0 Å². The van der Waals surface area contributed by atoms with Crippen LogP contribution in [-0.4, -0.2) is 10.2 Å². The molecule has 0 saturated carbocycles. The number of aromatic nitrogens is 2. The second-order valence-electron chi connectivity index (χ2n) is 4.27. The molecule has 2 atom stereocenters. The van der Waals surface area contributed by atoms with Crippen molar-refractivity contribution in [3.05, 3.63) is 23.0 Å². The van der Waals surface area contributed by atoms with Crippen LogP contribution in [-0.2, 0) is 6.42 Å². The Morgan fingerprint density at radius 3 is 2.56 bits per heavy atom. The van der Waals surface area contributed by atoms with Gasteiger partial charge >= 0.3 is 0 Å². The lowest BCUT2D eigenvalue weighted by atomic mass is 9.91. The molecule has 0 aliphatic carbocycles. The minimum absolute atomic E-state index is 0.161. The third kappa shape index (κ3) is 2.77. The van der Waals surface area contributed by atoms with Crippen LogP contribution in [0.1, 0.15) is 50.2 Å². The Balaban J connectivity index is 3.11. The Kier molecular flexibility index (Phi) is 4.83. The van der Waals surface area contributed by atoms with Crippen molar-refractivity contribution in [1.29, 1.82) is 0 Å². The van der Waals surface area contributed by atoms with Crippen molar-refractivity contribution in [2.45, 2.75) is 46.6 Å². The Hall–Kier alpha value is -1.00. The normalized spacial score (nSPS) is 14.8. The van der Waals surface area contributed by atoms with Gasteiger partial charge in [0.05, 0.1) is 17.4 Å². The molecule has 1 heterocycles. The van der Waals surface area contributed by atoms with Gasteiger partial charge in [-0.2, -0.15) is 10.2 Å². The van der Waals surface area contributed by atoms with Gasteiger partial charge in [0.25, 0.3) is 0 Å². The van der Waals surface area contributed by atoms with E-state index in [1.165, 1.54) is 5.56 Å². The third-order valence-corrected chi connectivity index (χ3v) is 3.09. The molecular weight excluding hydrogens is 200 g/mol. The molecule has 0 bridgehead atoms. The number of hydrogen-bond donors (Lipinski definition) is 2. The predicted molar refractivity (Wildman–Crippen MR) is 65.7 cm³/mol. The summed E-state index contributed by atoms with van der Waals surface area (Å²) in [7, 11) is 0. The average Bonchev–Trinajstić information content (AvgIpc) is 2.30. The standard InChI is InChI=1S/C12H22N4/c1-5-8(3)12(14-13)10-7-9(4)15-16-11(10)6-2/h7-8,12,14H,5-6,13H2,1-4H3. The third-order valence-electron chi connectivity index (χ3n) is 3.09.